The summed E-state index contributed by atoms with van der Waals surface area (Å²) in [6.07, 6.45) is 1.56. The first-order chi connectivity index (χ1) is 9.08. The third-order valence-corrected chi connectivity index (χ3v) is 2.37. The molecule has 1 aromatic carbocycles. The molecule has 2 rings (SSSR count). The second kappa shape index (κ2) is 5.26. The number of carbonyl (C=O) groups is 1. The number of nitro groups is 1. The van der Waals surface area contributed by atoms with E-state index in [-0.39, 0.29) is 11.4 Å². The van der Waals surface area contributed by atoms with Crippen molar-refractivity contribution in [2.45, 2.75) is 6.92 Å². The van der Waals surface area contributed by atoms with Crippen LogP contribution < -0.4 is 4.74 Å². The Morgan fingerprint density at radius 1 is 1.32 bits per heavy atom. The molecule has 0 radical (unpaired) electrons. The molecule has 1 aromatic heterocycles. The molecular formula is C13H10N2O4. The molecule has 0 saturated carbocycles. The van der Waals surface area contributed by atoms with Gasteiger partial charge in [0, 0.05) is 30.8 Å². The molecule has 0 aliphatic heterocycles. The first-order valence-electron chi connectivity index (χ1n) is 5.46. The first-order valence-corrected chi connectivity index (χ1v) is 5.46. The molecule has 0 N–H and O–H groups in total. The molecule has 0 aliphatic carbocycles. The largest absolute Gasteiger partial charge is 0.426 e. The van der Waals surface area contributed by atoms with Gasteiger partial charge in [-0.3, -0.25) is 19.9 Å². The third kappa shape index (κ3) is 2.92. The second-order valence-corrected chi connectivity index (χ2v) is 3.75. The summed E-state index contributed by atoms with van der Waals surface area (Å²) >= 11 is 0. The topological polar surface area (TPSA) is 82.3 Å². The summed E-state index contributed by atoms with van der Waals surface area (Å²) < 4.78 is 5.03. The summed E-state index contributed by atoms with van der Waals surface area (Å²) in [7, 11) is 0. The SMILES string of the molecule is CC(=O)Oc1ccc([N+](=O)[O-])cc1-c1ccccn1. The Bertz CT molecular complexity index is 626. The Hall–Kier alpha value is -2.76. The highest BCUT2D eigenvalue weighted by atomic mass is 16.6. The Morgan fingerprint density at radius 2 is 2.11 bits per heavy atom. The van der Waals surface area contributed by atoms with Crippen molar-refractivity contribution in [1.82, 2.24) is 4.98 Å². The molecule has 6 heteroatoms. The van der Waals surface area contributed by atoms with E-state index in [0.29, 0.717) is 11.3 Å². The van der Waals surface area contributed by atoms with Gasteiger partial charge in [0.1, 0.15) is 5.75 Å². The molecule has 0 aliphatic rings. The minimum Gasteiger partial charge on any atom is -0.426 e. The van der Waals surface area contributed by atoms with Gasteiger partial charge in [0.25, 0.3) is 5.69 Å². The number of non-ortho nitro benzene ring substituents is 1. The van der Waals surface area contributed by atoms with Gasteiger partial charge in [-0.2, -0.15) is 0 Å². The number of benzene rings is 1. The zero-order valence-corrected chi connectivity index (χ0v) is 10.1. The number of ether oxygens (including phenoxy) is 1. The normalized spacial score (nSPS) is 9.95. The summed E-state index contributed by atoms with van der Waals surface area (Å²) in [5.74, 6) is -0.247. The summed E-state index contributed by atoms with van der Waals surface area (Å²) in [5, 5.41) is 10.8. The van der Waals surface area contributed by atoms with Gasteiger partial charge in [-0.1, -0.05) is 6.07 Å². The van der Waals surface area contributed by atoms with E-state index in [1.165, 1.54) is 25.1 Å². The van der Waals surface area contributed by atoms with Crippen LogP contribution in [0.3, 0.4) is 0 Å². The van der Waals surface area contributed by atoms with Crippen molar-refractivity contribution in [3.63, 3.8) is 0 Å². The number of carbonyl (C=O) groups excluding carboxylic acids is 1. The van der Waals surface area contributed by atoms with E-state index in [2.05, 4.69) is 4.98 Å². The van der Waals surface area contributed by atoms with Crippen molar-refractivity contribution in [3.8, 4) is 17.0 Å². The molecule has 0 atom stereocenters. The van der Waals surface area contributed by atoms with E-state index in [9.17, 15) is 14.9 Å². The summed E-state index contributed by atoms with van der Waals surface area (Å²) in [4.78, 5) is 25.4. The highest BCUT2D eigenvalue weighted by molar-refractivity contribution is 5.76. The van der Waals surface area contributed by atoms with Gasteiger partial charge in [-0.25, -0.2) is 0 Å². The van der Waals surface area contributed by atoms with E-state index in [1.54, 1.807) is 24.4 Å². The third-order valence-electron chi connectivity index (χ3n) is 2.37. The lowest BCUT2D eigenvalue weighted by Gasteiger charge is -2.08. The highest BCUT2D eigenvalue weighted by Crippen LogP contribution is 2.32. The van der Waals surface area contributed by atoms with Crippen molar-refractivity contribution in [1.29, 1.82) is 0 Å². The maximum Gasteiger partial charge on any atom is 0.308 e. The maximum atomic E-state index is 11.0. The van der Waals surface area contributed by atoms with Crippen LogP contribution in [0.4, 0.5) is 5.69 Å². The van der Waals surface area contributed by atoms with Crippen molar-refractivity contribution >= 4 is 11.7 Å². The van der Waals surface area contributed by atoms with Gasteiger partial charge in [-0.05, 0) is 18.2 Å². The molecular weight excluding hydrogens is 248 g/mol. The molecule has 2 aromatic rings. The van der Waals surface area contributed by atoms with Gasteiger partial charge in [0.05, 0.1) is 10.6 Å². The van der Waals surface area contributed by atoms with Crippen LogP contribution in [-0.2, 0) is 4.79 Å². The molecule has 0 unspecified atom stereocenters. The zero-order valence-electron chi connectivity index (χ0n) is 10.1. The monoisotopic (exact) mass is 258 g/mol. The van der Waals surface area contributed by atoms with Gasteiger partial charge in [0.15, 0.2) is 0 Å². The summed E-state index contributed by atoms with van der Waals surface area (Å²) in [5.41, 5.74) is 0.823. The van der Waals surface area contributed by atoms with Crippen molar-refractivity contribution in [2.75, 3.05) is 0 Å². The number of pyridine rings is 1. The minimum atomic E-state index is -0.510. The quantitative estimate of drug-likeness (QED) is 0.365. The molecule has 96 valence electrons. The number of esters is 1. The van der Waals surface area contributed by atoms with Gasteiger partial charge >= 0.3 is 5.97 Å². The highest BCUT2D eigenvalue weighted by Gasteiger charge is 2.15. The predicted molar refractivity (Wildman–Crippen MR) is 67.6 cm³/mol. The summed E-state index contributed by atoms with van der Waals surface area (Å²) in [6, 6.07) is 9.17. The van der Waals surface area contributed by atoms with Gasteiger partial charge in [-0.15, -0.1) is 0 Å². The number of hydrogen-bond donors (Lipinski definition) is 0. The van der Waals surface area contributed by atoms with Crippen LogP contribution in [0.15, 0.2) is 42.6 Å². The zero-order chi connectivity index (χ0) is 13.8. The molecule has 6 nitrogen and oxygen atoms in total. The molecule has 0 saturated heterocycles. The second-order valence-electron chi connectivity index (χ2n) is 3.75. The average molecular weight is 258 g/mol. The smallest absolute Gasteiger partial charge is 0.308 e. The Labute approximate surface area is 108 Å². The molecule has 0 spiro atoms. The predicted octanol–water partition coefficient (Wildman–Crippen LogP) is 2.58. The number of nitro benzene ring substituents is 1. The number of rotatable bonds is 3. The Kier molecular flexibility index (Phi) is 3.51. The lowest BCUT2D eigenvalue weighted by Crippen LogP contribution is -2.03. The minimum absolute atomic E-state index is 0.0865. The van der Waals surface area contributed by atoms with Crippen LogP contribution in [0.2, 0.25) is 0 Å². The molecule has 19 heavy (non-hydrogen) atoms. The van der Waals surface area contributed by atoms with Crippen molar-refractivity contribution < 1.29 is 14.5 Å². The van der Waals surface area contributed by atoms with Crippen LogP contribution in [0.5, 0.6) is 5.75 Å². The van der Waals surface area contributed by atoms with Crippen molar-refractivity contribution in [2.24, 2.45) is 0 Å². The van der Waals surface area contributed by atoms with Gasteiger partial charge in [0.2, 0.25) is 0 Å². The van der Waals surface area contributed by atoms with E-state index < -0.39 is 10.9 Å². The number of hydrogen-bond acceptors (Lipinski definition) is 5. The van der Waals surface area contributed by atoms with E-state index >= 15 is 0 Å². The van der Waals surface area contributed by atoms with Crippen LogP contribution in [0.25, 0.3) is 11.3 Å². The lowest BCUT2D eigenvalue weighted by atomic mass is 10.1. The fourth-order valence-corrected chi connectivity index (χ4v) is 1.60. The standard InChI is InChI=1S/C13H10N2O4/c1-9(16)19-13-6-5-10(15(17)18)8-11(13)12-4-2-3-7-14-12/h2-8H,1H3. The number of nitrogens with zero attached hydrogens (tertiary/aromatic N) is 2. The van der Waals surface area contributed by atoms with Crippen LogP contribution in [-0.4, -0.2) is 15.9 Å². The summed E-state index contributed by atoms with van der Waals surface area (Å²) in [6.45, 7) is 1.27. The molecule has 0 bridgehead atoms. The van der Waals surface area contributed by atoms with Crippen LogP contribution in [0.1, 0.15) is 6.92 Å². The van der Waals surface area contributed by atoms with Crippen LogP contribution >= 0.6 is 0 Å². The number of aromatic nitrogens is 1. The van der Waals surface area contributed by atoms with E-state index in [0.717, 1.165) is 0 Å². The molecule has 0 fully saturated rings. The lowest BCUT2D eigenvalue weighted by molar-refractivity contribution is -0.384. The van der Waals surface area contributed by atoms with Gasteiger partial charge < -0.3 is 4.74 Å². The molecule has 1 heterocycles. The molecule has 0 amide bonds. The fourth-order valence-electron chi connectivity index (χ4n) is 1.60. The maximum absolute atomic E-state index is 11.0. The fraction of sp³-hybridized carbons (Fsp3) is 0.0769. The van der Waals surface area contributed by atoms with Crippen LogP contribution in [0, 0.1) is 10.1 Å². The van der Waals surface area contributed by atoms with E-state index in [4.69, 9.17) is 4.74 Å². The first kappa shape index (κ1) is 12.7. The van der Waals surface area contributed by atoms with Crippen molar-refractivity contribution in [3.05, 3.63) is 52.7 Å². The van der Waals surface area contributed by atoms with E-state index in [1.807, 2.05) is 0 Å². The average Bonchev–Trinajstić information content (AvgIpc) is 2.39. The Morgan fingerprint density at radius 3 is 2.68 bits per heavy atom. The Balaban J connectivity index is 2.56.